The quantitative estimate of drug-likeness (QED) is 0.728. The maximum Gasteiger partial charge on any atom is 0.224 e. The molecule has 1 aliphatic heterocycles. The van der Waals surface area contributed by atoms with Gasteiger partial charge < -0.3 is 10.6 Å². The molecule has 3 nitrogen and oxygen atoms in total. The van der Waals surface area contributed by atoms with Crippen molar-refractivity contribution in [1.29, 1.82) is 0 Å². The molecule has 1 atom stereocenters. The molecule has 1 heterocycles. The van der Waals surface area contributed by atoms with Crippen molar-refractivity contribution in [3.63, 3.8) is 0 Å². The molecule has 92 valence electrons. The average Bonchev–Trinajstić information content (AvgIpc) is 2.17. The van der Waals surface area contributed by atoms with E-state index in [4.69, 9.17) is 5.73 Å². The Morgan fingerprint density at radius 3 is 2.62 bits per heavy atom. The normalized spacial score (nSPS) is 19.3. The summed E-state index contributed by atoms with van der Waals surface area (Å²) in [5, 5.41) is 0. The molecule has 1 aliphatic rings. The fraction of sp³-hybridized carbons (Fsp3) is 0.769. The molecule has 1 rings (SSSR count). The van der Waals surface area contributed by atoms with Crippen LogP contribution in [0.4, 0.5) is 0 Å². The number of hydrogen-bond acceptors (Lipinski definition) is 2. The third kappa shape index (κ3) is 3.63. The van der Waals surface area contributed by atoms with Gasteiger partial charge in [-0.1, -0.05) is 32.4 Å². The number of carbonyl (C=O) groups is 1. The first-order valence-electron chi connectivity index (χ1n) is 5.99. The molecule has 1 unspecified atom stereocenters. The van der Waals surface area contributed by atoms with E-state index in [1.165, 1.54) is 5.57 Å². The van der Waals surface area contributed by atoms with Gasteiger partial charge in [-0.3, -0.25) is 4.79 Å². The van der Waals surface area contributed by atoms with Gasteiger partial charge in [-0.25, -0.2) is 0 Å². The van der Waals surface area contributed by atoms with Crippen LogP contribution in [-0.2, 0) is 4.79 Å². The molecule has 0 saturated carbocycles. The van der Waals surface area contributed by atoms with Crippen LogP contribution in [0.15, 0.2) is 11.6 Å². The fourth-order valence-corrected chi connectivity index (χ4v) is 1.62. The van der Waals surface area contributed by atoms with E-state index in [1.807, 2.05) is 4.90 Å². The van der Waals surface area contributed by atoms with Gasteiger partial charge in [0.2, 0.25) is 5.91 Å². The lowest BCUT2D eigenvalue weighted by Crippen LogP contribution is -2.42. The zero-order valence-electron chi connectivity index (χ0n) is 10.9. The van der Waals surface area contributed by atoms with E-state index in [0.717, 1.165) is 19.5 Å². The minimum absolute atomic E-state index is 0.00278. The molecule has 0 aromatic heterocycles. The van der Waals surface area contributed by atoms with Crippen LogP contribution in [0.5, 0.6) is 0 Å². The second kappa shape index (κ2) is 5.00. The molecule has 0 aromatic rings. The van der Waals surface area contributed by atoms with Crippen molar-refractivity contribution in [2.24, 2.45) is 11.1 Å². The van der Waals surface area contributed by atoms with E-state index >= 15 is 0 Å². The van der Waals surface area contributed by atoms with Crippen molar-refractivity contribution in [3.05, 3.63) is 11.6 Å². The molecule has 0 saturated heterocycles. The van der Waals surface area contributed by atoms with Crippen molar-refractivity contribution >= 4 is 5.91 Å². The Balaban J connectivity index is 2.48. The van der Waals surface area contributed by atoms with E-state index in [9.17, 15) is 4.79 Å². The van der Waals surface area contributed by atoms with Crippen LogP contribution in [0.3, 0.4) is 0 Å². The van der Waals surface area contributed by atoms with Gasteiger partial charge in [0.15, 0.2) is 0 Å². The topological polar surface area (TPSA) is 46.3 Å². The van der Waals surface area contributed by atoms with E-state index < -0.39 is 0 Å². The van der Waals surface area contributed by atoms with Crippen LogP contribution in [0.2, 0.25) is 0 Å². The van der Waals surface area contributed by atoms with Crippen LogP contribution >= 0.6 is 0 Å². The third-order valence-electron chi connectivity index (χ3n) is 3.30. The van der Waals surface area contributed by atoms with Crippen LogP contribution in [0, 0.1) is 5.41 Å². The standard InChI is InChI=1S/C13H24N2O/c1-10-5-7-15(8-6-10)12(16)9-11(14)13(2,3)4/h5,11H,6-9,14H2,1-4H3. The third-order valence-corrected chi connectivity index (χ3v) is 3.30. The van der Waals surface area contributed by atoms with Crippen molar-refractivity contribution < 1.29 is 4.79 Å². The van der Waals surface area contributed by atoms with Gasteiger partial charge in [0, 0.05) is 25.6 Å². The first-order valence-corrected chi connectivity index (χ1v) is 5.99. The minimum atomic E-state index is -0.0630. The van der Waals surface area contributed by atoms with Gasteiger partial charge in [-0.2, -0.15) is 0 Å². The summed E-state index contributed by atoms with van der Waals surface area (Å²) < 4.78 is 0. The van der Waals surface area contributed by atoms with E-state index in [-0.39, 0.29) is 17.4 Å². The first-order chi connectivity index (χ1) is 7.30. The maximum absolute atomic E-state index is 12.0. The second-order valence-corrected chi connectivity index (χ2v) is 5.82. The van der Waals surface area contributed by atoms with E-state index in [1.54, 1.807) is 0 Å². The number of carbonyl (C=O) groups excluding carboxylic acids is 1. The molecule has 3 heteroatoms. The molecule has 1 amide bonds. The molecule has 0 radical (unpaired) electrons. The summed E-state index contributed by atoms with van der Waals surface area (Å²) in [6.07, 6.45) is 3.58. The summed E-state index contributed by atoms with van der Waals surface area (Å²) in [4.78, 5) is 13.9. The monoisotopic (exact) mass is 224 g/mol. The van der Waals surface area contributed by atoms with E-state index in [0.29, 0.717) is 6.42 Å². The largest absolute Gasteiger partial charge is 0.339 e. The van der Waals surface area contributed by atoms with Gasteiger partial charge in [0.25, 0.3) is 0 Å². The Bertz CT molecular complexity index is 289. The molecule has 0 bridgehead atoms. The summed E-state index contributed by atoms with van der Waals surface area (Å²) in [6.45, 7) is 9.93. The number of hydrogen-bond donors (Lipinski definition) is 1. The predicted octanol–water partition coefficient (Wildman–Crippen LogP) is 1.93. The van der Waals surface area contributed by atoms with Crippen molar-refractivity contribution in [2.45, 2.75) is 46.6 Å². The van der Waals surface area contributed by atoms with Crippen LogP contribution in [0.25, 0.3) is 0 Å². The Morgan fingerprint density at radius 1 is 1.56 bits per heavy atom. The molecule has 2 N–H and O–H groups in total. The molecule has 0 aliphatic carbocycles. The molecule has 0 aromatic carbocycles. The lowest BCUT2D eigenvalue weighted by atomic mass is 9.85. The molecular formula is C13H24N2O. The Kier molecular flexibility index (Phi) is 4.14. The first kappa shape index (κ1) is 13.2. The molecule has 0 spiro atoms. The molecule has 16 heavy (non-hydrogen) atoms. The average molecular weight is 224 g/mol. The van der Waals surface area contributed by atoms with Gasteiger partial charge >= 0.3 is 0 Å². The summed E-state index contributed by atoms with van der Waals surface area (Å²) in [6, 6.07) is -0.0630. The zero-order valence-corrected chi connectivity index (χ0v) is 10.9. The van der Waals surface area contributed by atoms with Gasteiger partial charge in [-0.05, 0) is 18.8 Å². The summed E-state index contributed by atoms with van der Waals surface area (Å²) in [5.41, 5.74) is 7.40. The van der Waals surface area contributed by atoms with Crippen molar-refractivity contribution in [3.8, 4) is 0 Å². The van der Waals surface area contributed by atoms with Gasteiger partial charge in [-0.15, -0.1) is 0 Å². The second-order valence-electron chi connectivity index (χ2n) is 5.82. The maximum atomic E-state index is 12.0. The lowest BCUT2D eigenvalue weighted by molar-refractivity contribution is -0.131. The number of nitrogens with zero attached hydrogens (tertiary/aromatic N) is 1. The number of nitrogens with two attached hydrogens (primary N) is 1. The highest BCUT2D eigenvalue weighted by Gasteiger charge is 2.25. The highest BCUT2D eigenvalue weighted by Crippen LogP contribution is 2.21. The van der Waals surface area contributed by atoms with E-state index in [2.05, 4.69) is 33.8 Å². The Morgan fingerprint density at radius 2 is 2.19 bits per heavy atom. The highest BCUT2D eigenvalue weighted by molar-refractivity contribution is 5.77. The van der Waals surface area contributed by atoms with Crippen LogP contribution in [-0.4, -0.2) is 29.9 Å². The number of amides is 1. The van der Waals surface area contributed by atoms with Gasteiger partial charge in [0.05, 0.1) is 0 Å². The summed E-state index contributed by atoms with van der Waals surface area (Å²) in [5.74, 6) is 0.186. The predicted molar refractivity (Wildman–Crippen MR) is 67.0 cm³/mol. The minimum Gasteiger partial charge on any atom is -0.339 e. The lowest BCUT2D eigenvalue weighted by Gasteiger charge is -2.31. The Hall–Kier alpha value is -0.830. The van der Waals surface area contributed by atoms with Crippen LogP contribution < -0.4 is 5.73 Å². The highest BCUT2D eigenvalue weighted by atomic mass is 16.2. The van der Waals surface area contributed by atoms with Crippen molar-refractivity contribution in [2.75, 3.05) is 13.1 Å². The fourth-order valence-electron chi connectivity index (χ4n) is 1.62. The Labute approximate surface area is 98.7 Å². The SMILES string of the molecule is CC1=CCN(C(=O)CC(N)C(C)(C)C)CC1. The van der Waals surface area contributed by atoms with Crippen LogP contribution in [0.1, 0.15) is 40.5 Å². The molecular weight excluding hydrogens is 200 g/mol. The smallest absolute Gasteiger partial charge is 0.224 e. The molecule has 0 fully saturated rings. The summed E-state index contributed by atoms with van der Waals surface area (Å²) in [7, 11) is 0. The zero-order chi connectivity index (χ0) is 12.3. The van der Waals surface area contributed by atoms with Crippen molar-refractivity contribution in [1.82, 2.24) is 4.90 Å². The van der Waals surface area contributed by atoms with Gasteiger partial charge in [0.1, 0.15) is 0 Å². The number of rotatable bonds is 2. The summed E-state index contributed by atoms with van der Waals surface area (Å²) >= 11 is 0.